The first-order valence-corrected chi connectivity index (χ1v) is 9.40. The molecule has 1 N–H and O–H groups in total. The van der Waals surface area contributed by atoms with Crippen LogP contribution in [-0.4, -0.2) is 73.5 Å². The van der Waals surface area contributed by atoms with E-state index in [-0.39, 0.29) is 24.3 Å². The van der Waals surface area contributed by atoms with Crippen molar-refractivity contribution in [3.05, 3.63) is 35.9 Å². The summed E-state index contributed by atoms with van der Waals surface area (Å²) in [7, 11) is 1.33. The van der Waals surface area contributed by atoms with Gasteiger partial charge in [0, 0.05) is 31.7 Å². The van der Waals surface area contributed by atoms with Crippen LogP contribution in [0.2, 0.25) is 0 Å². The van der Waals surface area contributed by atoms with Gasteiger partial charge in [-0.3, -0.25) is 14.5 Å². The van der Waals surface area contributed by atoms with Crippen molar-refractivity contribution >= 4 is 17.8 Å². The Bertz CT molecular complexity index is 642. The fraction of sp³-hybridized carbons (Fsp3) is 0.550. The smallest absolute Gasteiger partial charge is 0.328 e. The third-order valence-corrected chi connectivity index (χ3v) is 5.03. The molecule has 148 valence electrons. The maximum Gasteiger partial charge on any atom is 0.328 e. The first kappa shape index (κ1) is 20.9. The molecule has 2 amide bonds. The molecule has 2 atom stereocenters. The maximum atomic E-state index is 12.5. The van der Waals surface area contributed by atoms with Gasteiger partial charge in [-0.05, 0) is 18.1 Å². The first-order valence-electron chi connectivity index (χ1n) is 9.40. The van der Waals surface area contributed by atoms with Crippen molar-refractivity contribution in [1.82, 2.24) is 15.1 Å². The SMILES string of the molecule is CC[C@H](C)[C@H](NC(=O)CN1CCN(C(=O)c2ccccc2)CC1)C(=O)OC. The van der Waals surface area contributed by atoms with Crippen LogP contribution >= 0.6 is 0 Å². The van der Waals surface area contributed by atoms with Crippen LogP contribution in [0.1, 0.15) is 30.6 Å². The molecule has 1 aliphatic rings. The van der Waals surface area contributed by atoms with Gasteiger partial charge < -0.3 is 15.0 Å². The van der Waals surface area contributed by atoms with E-state index in [1.54, 1.807) is 4.90 Å². The van der Waals surface area contributed by atoms with Gasteiger partial charge in [-0.1, -0.05) is 38.5 Å². The van der Waals surface area contributed by atoms with Crippen molar-refractivity contribution in [1.29, 1.82) is 0 Å². The van der Waals surface area contributed by atoms with Crippen molar-refractivity contribution in [3.8, 4) is 0 Å². The van der Waals surface area contributed by atoms with Crippen molar-refractivity contribution in [2.24, 2.45) is 5.92 Å². The summed E-state index contributed by atoms with van der Waals surface area (Å²) in [6, 6.07) is 8.57. The van der Waals surface area contributed by atoms with Crippen molar-refractivity contribution in [2.45, 2.75) is 26.3 Å². The third kappa shape index (κ3) is 5.79. The Hall–Kier alpha value is -2.41. The molecule has 7 nitrogen and oxygen atoms in total. The zero-order valence-electron chi connectivity index (χ0n) is 16.3. The molecule has 0 aliphatic carbocycles. The lowest BCUT2D eigenvalue weighted by Gasteiger charge is -2.34. The van der Waals surface area contributed by atoms with E-state index < -0.39 is 12.0 Å². The van der Waals surface area contributed by atoms with Gasteiger partial charge in [0.1, 0.15) is 6.04 Å². The van der Waals surface area contributed by atoms with Gasteiger partial charge in [0.05, 0.1) is 13.7 Å². The molecule has 1 saturated heterocycles. The van der Waals surface area contributed by atoms with E-state index in [1.807, 2.05) is 49.1 Å². The summed E-state index contributed by atoms with van der Waals surface area (Å²) in [4.78, 5) is 40.5. The maximum absolute atomic E-state index is 12.5. The highest BCUT2D eigenvalue weighted by Crippen LogP contribution is 2.11. The fourth-order valence-electron chi connectivity index (χ4n) is 3.09. The van der Waals surface area contributed by atoms with E-state index in [1.165, 1.54) is 7.11 Å². The summed E-state index contributed by atoms with van der Waals surface area (Å²) in [5, 5.41) is 2.79. The zero-order chi connectivity index (χ0) is 19.8. The normalized spacial score (nSPS) is 17.1. The predicted molar refractivity (Wildman–Crippen MR) is 102 cm³/mol. The number of benzene rings is 1. The van der Waals surface area contributed by atoms with Crippen molar-refractivity contribution in [3.63, 3.8) is 0 Å². The molecular formula is C20H29N3O4. The van der Waals surface area contributed by atoms with E-state index >= 15 is 0 Å². The number of nitrogens with zero attached hydrogens (tertiary/aromatic N) is 2. The Kier molecular flexibility index (Phi) is 7.79. The van der Waals surface area contributed by atoms with Crippen LogP contribution in [0.3, 0.4) is 0 Å². The van der Waals surface area contributed by atoms with Crippen molar-refractivity contribution < 1.29 is 19.1 Å². The lowest BCUT2D eigenvalue weighted by molar-refractivity contribution is -0.146. The third-order valence-electron chi connectivity index (χ3n) is 5.03. The molecule has 1 aromatic carbocycles. The number of rotatable bonds is 7. The van der Waals surface area contributed by atoms with Gasteiger partial charge >= 0.3 is 5.97 Å². The predicted octanol–water partition coefficient (Wildman–Crippen LogP) is 1.15. The molecule has 27 heavy (non-hydrogen) atoms. The van der Waals surface area contributed by atoms with Gasteiger partial charge in [-0.25, -0.2) is 4.79 Å². The second-order valence-electron chi connectivity index (χ2n) is 6.89. The fourth-order valence-corrected chi connectivity index (χ4v) is 3.09. The summed E-state index contributed by atoms with van der Waals surface area (Å²) in [6.07, 6.45) is 0.764. The van der Waals surface area contributed by atoms with Crippen LogP contribution in [0.25, 0.3) is 0 Å². The summed E-state index contributed by atoms with van der Waals surface area (Å²) < 4.78 is 4.80. The van der Waals surface area contributed by atoms with Gasteiger partial charge in [-0.15, -0.1) is 0 Å². The average molecular weight is 375 g/mol. The minimum atomic E-state index is -0.631. The minimum absolute atomic E-state index is 0.00161. The minimum Gasteiger partial charge on any atom is -0.467 e. The summed E-state index contributed by atoms with van der Waals surface area (Å²) in [5.41, 5.74) is 0.679. The zero-order valence-corrected chi connectivity index (χ0v) is 16.3. The molecule has 0 spiro atoms. The van der Waals surface area contributed by atoms with Crippen LogP contribution in [0.15, 0.2) is 30.3 Å². The summed E-state index contributed by atoms with van der Waals surface area (Å²) in [5.74, 6) is -0.603. The molecule has 7 heteroatoms. The van der Waals surface area contributed by atoms with Gasteiger partial charge in [-0.2, -0.15) is 0 Å². The molecule has 0 aromatic heterocycles. The number of nitrogens with one attached hydrogen (secondary N) is 1. The number of carbonyl (C=O) groups is 3. The van der Waals surface area contributed by atoms with E-state index in [0.717, 1.165) is 6.42 Å². The molecule has 1 aromatic rings. The van der Waals surface area contributed by atoms with E-state index in [4.69, 9.17) is 4.74 Å². The van der Waals surface area contributed by atoms with Crippen LogP contribution in [0, 0.1) is 5.92 Å². The van der Waals surface area contributed by atoms with Gasteiger partial charge in [0.2, 0.25) is 5.91 Å². The highest BCUT2D eigenvalue weighted by molar-refractivity contribution is 5.94. The van der Waals surface area contributed by atoms with Crippen LogP contribution in [0.5, 0.6) is 0 Å². The highest BCUT2D eigenvalue weighted by atomic mass is 16.5. The lowest BCUT2D eigenvalue weighted by atomic mass is 9.99. The van der Waals surface area contributed by atoms with E-state index in [0.29, 0.717) is 31.7 Å². The lowest BCUT2D eigenvalue weighted by Crippen LogP contribution is -2.53. The number of carbonyl (C=O) groups excluding carboxylic acids is 3. The molecule has 0 unspecified atom stereocenters. The molecule has 1 fully saturated rings. The summed E-state index contributed by atoms with van der Waals surface area (Å²) in [6.45, 7) is 6.49. The number of piperazine rings is 1. The number of esters is 1. The Labute approximate surface area is 160 Å². The Morgan fingerprint density at radius 3 is 2.30 bits per heavy atom. The standard InChI is InChI=1S/C20H29N3O4/c1-4-15(2)18(20(26)27-3)21-17(24)14-22-10-12-23(13-11-22)19(25)16-8-6-5-7-9-16/h5-9,15,18H,4,10-14H2,1-3H3,(H,21,24)/t15-,18-/m0/s1. The van der Waals surface area contributed by atoms with E-state index in [2.05, 4.69) is 5.32 Å². The molecule has 0 bridgehead atoms. The number of hydrogen-bond acceptors (Lipinski definition) is 5. The highest BCUT2D eigenvalue weighted by Gasteiger charge is 2.28. The average Bonchev–Trinajstić information content (AvgIpc) is 2.71. The topological polar surface area (TPSA) is 79.0 Å². The second-order valence-corrected chi connectivity index (χ2v) is 6.89. The Balaban J connectivity index is 1.83. The second kappa shape index (κ2) is 10.1. The van der Waals surface area contributed by atoms with Crippen LogP contribution in [-0.2, 0) is 14.3 Å². The number of methoxy groups -OCH3 is 1. The van der Waals surface area contributed by atoms with Crippen molar-refractivity contribution in [2.75, 3.05) is 39.8 Å². The van der Waals surface area contributed by atoms with Gasteiger partial charge in [0.15, 0.2) is 0 Å². The van der Waals surface area contributed by atoms with Gasteiger partial charge in [0.25, 0.3) is 5.91 Å². The van der Waals surface area contributed by atoms with Crippen LogP contribution < -0.4 is 5.32 Å². The molecule has 0 saturated carbocycles. The molecule has 1 aliphatic heterocycles. The Morgan fingerprint density at radius 2 is 1.74 bits per heavy atom. The monoisotopic (exact) mass is 375 g/mol. The van der Waals surface area contributed by atoms with Crippen LogP contribution in [0.4, 0.5) is 0 Å². The molecule has 2 rings (SSSR count). The largest absolute Gasteiger partial charge is 0.467 e. The Morgan fingerprint density at radius 1 is 1.11 bits per heavy atom. The number of ether oxygens (including phenoxy) is 1. The number of amides is 2. The molecular weight excluding hydrogens is 346 g/mol. The summed E-state index contributed by atoms with van der Waals surface area (Å²) >= 11 is 0. The molecule has 0 radical (unpaired) electrons. The first-order chi connectivity index (χ1) is 13.0. The number of hydrogen-bond donors (Lipinski definition) is 1. The van der Waals surface area contributed by atoms with E-state index in [9.17, 15) is 14.4 Å². The molecule has 1 heterocycles. The quantitative estimate of drug-likeness (QED) is 0.723.